The average Bonchev–Trinajstić information content (AvgIpc) is 2.60. The van der Waals surface area contributed by atoms with Gasteiger partial charge in [0.05, 0.1) is 18.6 Å². The normalized spacial score (nSPS) is 20.6. The predicted molar refractivity (Wildman–Crippen MR) is 89.1 cm³/mol. The van der Waals surface area contributed by atoms with E-state index in [1.807, 2.05) is 6.92 Å². The summed E-state index contributed by atoms with van der Waals surface area (Å²) in [5, 5.41) is 20.1. The lowest BCUT2D eigenvalue weighted by Gasteiger charge is -2.37. The average molecular weight is 342 g/mol. The molecule has 2 atom stereocenters. The minimum atomic E-state index is -0.567. The van der Waals surface area contributed by atoms with Gasteiger partial charge in [-0.3, -0.25) is 4.79 Å². The van der Waals surface area contributed by atoms with Crippen molar-refractivity contribution in [1.29, 1.82) is 0 Å². The highest BCUT2D eigenvalue weighted by molar-refractivity contribution is 6.05. The number of phenolic OH excluding ortho intramolecular Hbond substituents is 2. The van der Waals surface area contributed by atoms with Gasteiger partial charge in [-0.25, -0.2) is 0 Å². The lowest BCUT2D eigenvalue weighted by atomic mass is 9.81. The smallest absolute Gasteiger partial charge is 0.178 e. The van der Waals surface area contributed by atoms with Crippen molar-refractivity contribution in [1.82, 2.24) is 0 Å². The van der Waals surface area contributed by atoms with Gasteiger partial charge in [0.2, 0.25) is 0 Å². The first-order chi connectivity index (χ1) is 12.0. The number of fused-ring (bicyclic) bond motifs is 4. The van der Waals surface area contributed by atoms with Crippen LogP contribution in [0.4, 0.5) is 0 Å². The van der Waals surface area contributed by atoms with Crippen molar-refractivity contribution in [3.05, 3.63) is 41.0 Å². The third-order valence-electron chi connectivity index (χ3n) is 4.83. The third-order valence-corrected chi connectivity index (χ3v) is 4.83. The molecule has 6 nitrogen and oxygen atoms in total. The van der Waals surface area contributed by atoms with Crippen molar-refractivity contribution in [3.63, 3.8) is 0 Å². The molecule has 0 radical (unpaired) electrons. The molecule has 2 heterocycles. The summed E-state index contributed by atoms with van der Waals surface area (Å²) in [5.74, 6) is 0.623. The second-order valence-electron chi connectivity index (χ2n) is 6.16. The van der Waals surface area contributed by atoms with Gasteiger partial charge in [-0.05, 0) is 24.6 Å². The molecular formula is C19H18O6. The van der Waals surface area contributed by atoms with Gasteiger partial charge < -0.3 is 24.4 Å². The maximum absolute atomic E-state index is 13.1. The first-order valence-corrected chi connectivity index (χ1v) is 8.14. The molecular weight excluding hydrogens is 324 g/mol. The molecule has 2 aromatic rings. The van der Waals surface area contributed by atoms with E-state index in [2.05, 4.69) is 0 Å². The number of phenols is 2. The largest absolute Gasteiger partial charge is 0.508 e. The Hall–Kier alpha value is -2.89. The summed E-state index contributed by atoms with van der Waals surface area (Å²) in [4.78, 5) is 13.1. The number of benzene rings is 2. The van der Waals surface area contributed by atoms with Gasteiger partial charge in [-0.2, -0.15) is 0 Å². The van der Waals surface area contributed by atoms with Crippen LogP contribution in [0.5, 0.6) is 28.7 Å². The number of methoxy groups -OCH3 is 1. The van der Waals surface area contributed by atoms with Gasteiger partial charge in [-0.1, -0.05) is 6.92 Å². The summed E-state index contributed by atoms with van der Waals surface area (Å²) in [7, 11) is 1.46. The molecule has 2 aliphatic heterocycles. The van der Waals surface area contributed by atoms with Crippen molar-refractivity contribution in [2.45, 2.75) is 25.4 Å². The lowest BCUT2D eigenvalue weighted by molar-refractivity contribution is 0.0553. The Morgan fingerprint density at radius 3 is 2.76 bits per heavy atom. The van der Waals surface area contributed by atoms with Crippen LogP contribution in [0.25, 0.3) is 0 Å². The highest BCUT2D eigenvalue weighted by atomic mass is 16.5. The highest BCUT2D eigenvalue weighted by Crippen LogP contribution is 2.48. The summed E-state index contributed by atoms with van der Waals surface area (Å²) in [5.41, 5.74) is 1.64. The first kappa shape index (κ1) is 15.6. The number of carbonyl (C=O) groups is 1. The van der Waals surface area contributed by atoms with Crippen LogP contribution in [0.15, 0.2) is 24.3 Å². The summed E-state index contributed by atoms with van der Waals surface area (Å²) in [6.07, 6.45) is 0.0437. The van der Waals surface area contributed by atoms with Crippen LogP contribution in [0.3, 0.4) is 0 Å². The van der Waals surface area contributed by atoms with Crippen molar-refractivity contribution < 1.29 is 29.2 Å². The summed E-state index contributed by atoms with van der Waals surface area (Å²) >= 11 is 0. The number of carbonyl (C=O) groups excluding carboxylic acids is 1. The van der Waals surface area contributed by atoms with Crippen LogP contribution in [0.2, 0.25) is 0 Å². The molecule has 0 aliphatic carbocycles. The molecule has 0 aromatic heterocycles. The van der Waals surface area contributed by atoms with E-state index in [-0.39, 0.29) is 23.9 Å². The Kier molecular flexibility index (Phi) is 3.49. The Morgan fingerprint density at radius 2 is 2.04 bits per heavy atom. The number of aromatic hydroxyl groups is 2. The number of rotatable bonds is 2. The van der Waals surface area contributed by atoms with E-state index in [0.29, 0.717) is 40.4 Å². The minimum absolute atomic E-state index is 0.0518. The van der Waals surface area contributed by atoms with Crippen LogP contribution in [-0.4, -0.2) is 35.8 Å². The number of ketones is 1. The molecule has 0 spiro atoms. The lowest BCUT2D eigenvalue weighted by Crippen LogP contribution is -2.43. The zero-order valence-electron chi connectivity index (χ0n) is 13.9. The molecule has 0 bridgehead atoms. The number of hydrogen-bond acceptors (Lipinski definition) is 6. The second kappa shape index (κ2) is 5.58. The summed E-state index contributed by atoms with van der Waals surface area (Å²) in [6.45, 7) is 2.10. The number of hydrogen-bond donors (Lipinski definition) is 2. The van der Waals surface area contributed by atoms with Crippen molar-refractivity contribution in [3.8, 4) is 28.7 Å². The Bertz CT molecular complexity index is 873. The Balaban J connectivity index is 1.85. The number of Topliss-reactive ketones (excluding diaryl/α,β-unsaturated/α-hetero) is 1. The van der Waals surface area contributed by atoms with Gasteiger partial charge >= 0.3 is 0 Å². The van der Waals surface area contributed by atoms with Crippen LogP contribution in [-0.2, 0) is 6.42 Å². The van der Waals surface area contributed by atoms with Gasteiger partial charge in [0.25, 0.3) is 0 Å². The molecule has 0 saturated carbocycles. The van der Waals surface area contributed by atoms with E-state index >= 15 is 0 Å². The van der Waals surface area contributed by atoms with E-state index in [1.165, 1.54) is 19.2 Å². The van der Waals surface area contributed by atoms with Gasteiger partial charge in [-0.15, -0.1) is 0 Å². The molecule has 4 rings (SSSR count). The van der Waals surface area contributed by atoms with Crippen LogP contribution in [0.1, 0.15) is 34.3 Å². The fourth-order valence-electron chi connectivity index (χ4n) is 3.58. The minimum Gasteiger partial charge on any atom is -0.508 e. The maximum atomic E-state index is 13.1. The molecule has 0 saturated heterocycles. The van der Waals surface area contributed by atoms with E-state index in [1.54, 1.807) is 12.1 Å². The van der Waals surface area contributed by atoms with Gasteiger partial charge in [0.15, 0.2) is 17.3 Å². The molecule has 2 aromatic carbocycles. The molecule has 2 unspecified atom stereocenters. The Labute approximate surface area is 144 Å². The van der Waals surface area contributed by atoms with Gasteiger partial charge in [0.1, 0.15) is 30.0 Å². The Morgan fingerprint density at radius 1 is 1.24 bits per heavy atom. The van der Waals surface area contributed by atoms with Crippen LogP contribution < -0.4 is 14.2 Å². The monoisotopic (exact) mass is 342 g/mol. The zero-order valence-corrected chi connectivity index (χ0v) is 13.9. The fourth-order valence-corrected chi connectivity index (χ4v) is 3.58. The first-order valence-electron chi connectivity index (χ1n) is 8.14. The topological polar surface area (TPSA) is 85.2 Å². The molecule has 6 heteroatoms. The molecule has 0 amide bonds. The maximum Gasteiger partial charge on any atom is 0.178 e. The van der Waals surface area contributed by atoms with Crippen molar-refractivity contribution >= 4 is 5.78 Å². The quantitative estimate of drug-likeness (QED) is 0.873. The highest BCUT2D eigenvalue weighted by Gasteiger charge is 2.44. The van der Waals surface area contributed by atoms with Crippen LogP contribution in [0, 0.1) is 0 Å². The van der Waals surface area contributed by atoms with E-state index in [4.69, 9.17) is 14.2 Å². The SMILES string of the molecule is CCc1c(O)ccc2c1OC1COc3cc(OC)c(O)cc3C1C2=O. The molecule has 2 N–H and O–H groups in total. The van der Waals surface area contributed by atoms with E-state index < -0.39 is 12.0 Å². The third kappa shape index (κ3) is 2.21. The molecule has 25 heavy (non-hydrogen) atoms. The standard InChI is InChI=1S/C19H18O6/c1-3-9-12(20)5-4-10-18(22)17-11-6-13(21)15(23-2)7-14(11)24-8-16(17)25-19(9)10/h4-7,16-17,20-21H,3,8H2,1-2H3. The van der Waals surface area contributed by atoms with Gasteiger partial charge in [0, 0.05) is 17.2 Å². The summed E-state index contributed by atoms with van der Waals surface area (Å²) in [6, 6.07) is 6.18. The van der Waals surface area contributed by atoms with E-state index in [0.717, 1.165) is 0 Å². The second-order valence-corrected chi connectivity index (χ2v) is 6.16. The molecule has 2 aliphatic rings. The zero-order chi connectivity index (χ0) is 17.7. The van der Waals surface area contributed by atoms with Crippen molar-refractivity contribution in [2.75, 3.05) is 13.7 Å². The number of ether oxygens (including phenoxy) is 3. The van der Waals surface area contributed by atoms with Crippen LogP contribution >= 0.6 is 0 Å². The predicted octanol–water partition coefficient (Wildman–Crippen LogP) is 2.79. The molecule has 130 valence electrons. The summed E-state index contributed by atoms with van der Waals surface area (Å²) < 4.78 is 16.9. The fraction of sp³-hybridized carbons (Fsp3) is 0.316. The van der Waals surface area contributed by atoms with Crippen molar-refractivity contribution in [2.24, 2.45) is 0 Å². The van der Waals surface area contributed by atoms with E-state index in [9.17, 15) is 15.0 Å². The molecule has 0 fully saturated rings.